The molecule has 1 aliphatic rings. The Labute approximate surface area is 116 Å². The first-order valence-corrected chi connectivity index (χ1v) is 7.20. The number of hydrogen-bond acceptors (Lipinski definition) is 3. The molecule has 1 fully saturated rings. The van der Waals surface area contributed by atoms with E-state index in [0.29, 0.717) is 12.6 Å². The number of carbonyl (C=O) groups is 2. The number of hydrogen-bond donors (Lipinski definition) is 1. The lowest BCUT2D eigenvalue weighted by molar-refractivity contribution is -0.141. The Morgan fingerprint density at radius 3 is 2.47 bits per heavy atom. The minimum Gasteiger partial charge on any atom is -0.347 e. The zero-order valence-electron chi connectivity index (χ0n) is 12.6. The summed E-state index contributed by atoms with van der Waals surface area (Å²) in [6.07, 6.45) is 3.94. The summed E-state index contributed by atoms with van der Waals surface area (Å²) in [6.45, 7) is 4.96. The molecule has 0 aromatic heterocycles. The van der Waals surface area contributed by atoms with Gasteiger partial charge in [0.2, 0.25) is 11.8 Å². The van der Waals surface area contributed by atoms with Gasteiger partial charge in [0.15, 0.2) is 0 Å². The summed E-state index contributed by atoms with van der Waals surface area (Å²) in [6, 6.07) is 0.265. The first-order chi connectivity index (χ1) is 8.95. The quantitative estimate of drug-likeness (QED) is 0.805. The molecule has 5 heteroatoms. The zero-order chi connectivity index (χ0) is 14.4. The van der Waals surface area contributed by atoms with E-state index >= 15 is 0 Å². The van der Waals surface area contributed by atoms with Crippen LogP contribution in [0.15, 0.2) is 0 Å². The fraction of sp³-hybridized carbons (Fsp3) is 0.857. The first kappa shape index (κ1) is 16.0. The van der Waals surface area contributed by atoms with Crippen LogP contribution in [0.2, 0.25) is 0 Å². The molecule has 0 aromatic carbocycles. The normalized spacial score (nSPS) is 22.9. The van der Waals surface area contributed by atoms with Gasteiger partial charge in [-0.15, -0.1) is 0 Å². The van der Waals surface area contributed by atoms with Crippen molar-refractivity contribution in [3.63, 3.8) is 0 Å². The standard InChI is InChI=1S/C14H27N3O2/c1-5-9-17(10-13(18)16(3)4)14(19)12-8-6-7-11(2)15-12/h11-12,15H,5-10H2,1-4H3. The molecule has 1 saturated heterocycles. The van der Waals surface area contributed by atoms with Crippen molar-refractivity contribution in [3.8, 4) is 0 Å². The molecular weight excluding hydrogens is 242 g/mol. The highest BCUT2D eigenvalue weighted by Gasteiger charge is 2.28. The number of nitrogens with one attached hydrogen (secondary N) is 1. The molecule has 1 rings (SSSR count). The average molecular weight is 269 g/mol. The van der Waals surface area contributed by atoms with Crippen molar-refractivity contribution in [2.45, 2.75) is 51.6 Å². The molecule has 0 saturated carbocycles. The van der Waals surface area contributed by atoms with Crippen LogP contribution in [0, 0.1) is 0 Å². The summed E-state index contributed by atoms with van der Waals surface area (Å²) in [5.41, 5.74) is 0. The highest BCUT2D eigenvalue weighted by Crippen LogP contribution is 2.14. The van der Waals surface area contributed by atoms with Gasteiger partial charge in [-0.25, -0.2) is 0 Å². The molecule has 5 nitrogen and oxygen atoms in total. The third-order valence-electron chi connectivity index (χ3n) is 3.54. The maximum absolute atomic E-state index is 12.5. The van der Waals surface area contributed by atoms with Gasteiger partial charge in [0.05, 0.1) is 12.6 Å². The summed E-state index contributed by atoms with van der Waals surface area (Å²) >= 11 is 0. The van der Waals surface area contributed by atoms with Crippen LogP contribution in [0.3, 0.4) is 0 Å². The number of amides is 2. The molecule has 1 aliphatic heterocycles. The van der Waals surface area contributed by atoms with E-state index in [9.17, 15) is 9.59 Å². The van der Waals surface area contributed by atoms with Crippen LogP contribution < -0.4 is 5.32 Å². The van der Waals surface area contributed by atoms with E-state index < -0.39 is 0 Å². The molecule has 1 heterocycles. The summed E-state index contributed by atoms with van der Waals surface area (Å²) in [7, 11) is 3.44. The topological polar surface area (TPSA) is 52.7 Å². The number of piperidine rings is 1. The molecule has 19 heavy (non-hydrogen) atoms. The molecule has 2 atom stereocenters. The van der Waals surface area contributed by atoms with Crippen LogP contribution >= 0.6 is 0 Å². The third-order valence-corrected chi connectivity index (χ3v) is 3.54. The highest BCUT2D eigenvalue weighted by atomic mass is 16.2. The van der Waals surface area contributed by atoms with Crippen LogP contribution in [0.5, 0.6) is 0 Å². The second-order valence-corrected chi connectivity index (χ2v) is 5.60. The second-order valence-electron chi connectivity index (χ2n) is 5.60. The van der Waals surface area contributed by atoms with Crippen molar-refractivity contribution in [3.05, 3.63) is 0 Å². The largest absolute Gasteiger partial charge is 0.347 e. The molecule has 0 radical (unpaired) electrons. The minimum atomic E-state index is -0.120. The molecule has 1 N–H and O–H groups in total. The second kappa shape index (κ2) is 7.48. The maximum atomic E-state index is 12.5. The van der Waals surface area contributed by atoms with E-state index in [1.165, 1.54) is 4.90 Å². The van der Waals surface area contributed by atoms with Gasteiger partial charge in [-0.2, -0.15) is 0 Å². The van der Waals surface area contributed by atoms with Crippen molar-refractivity contribution in [2.24, 2.45) is 0 Å². The van der Waals surface area contributed by atoms with Gasteiger partial charge < -0.3 is 15.1 Å². The van der Waals surface area contributed by atoms with Crippen LogP contribution in [0.4, 0.5) is 0 Å². The number of carbonyl (C=O) groups excluding carboxylic acids is 2. The SMILES string of the molecule is CCCN(CC(=O)N(C)C)C(=O)C1CCCC(C)N1. The van der Waals surface area contributed by atoms with Crippen LogP contribution in [-0.2, 0) is 9.59 Å². The third kappa shape index (κ3) is 4.82. The smallest absolute Gasteiger partial charge is 0.241 e. The summed E-state index contributed by atoms with van der Waals surface area (Å²) in [4.78, 5) is 27.5. The Morgan fingerprint density at radius 2 is 1.95 bits per heavy atom. The van der Waals surface area contributed by atoms with E-state index in [1.54, 1.807) is 19.0 Å². The van der Waals surface area contributed by atoms with Gasteiger partial charge in [0, 0.05) is 26.7 Å². The number of rotatable bonds is 5. The van der Waals surface area contributed by atoms with Crippen LogP contribution in [-0.4, -0.2) is 60.9 Å². The Balaban J connectivity index is 2.63. The fourth-order valence-electron chi connectivity index (χ4n) is 2.40. The van der Waals surface area contributed by atoms with Gasteiger partial charge >= 0.3 is 0 Å². The van der Waals surface area contributed by atoms with E-state index in [4.69, 9.17) is 0 Å². The van der Waals surface area contributed by atoms with Crippen molar-refractivity contribution in [1.29, 1.82) is 0 Å². The lowest BCUT2D eigenvalue weighted by atomic mass is 9.98. The molecule has 2 amide bonds. The van der Waals surface area contributed by atoms with E-state index in [2.05, 4.69) is 12.2 Å². The van der Waals surface area contributed by atoms with Gasteiger partial charge in [-0.1, -0.05) is 6.92 Å². The Hall–Kier alpha value is -1.10. The van der Waals surface area contributed by atoms with E-state index in [0.717, 1.165) is 25.7 Å². The Kier molecular flexibility index (Phi) is 6.28. The lowest BCUT2D eigenvalue weighted by Crippen LogP contribution is -2.53. The molecule has 0 aliphatic carbocycles. The number of nitrogens with zero attached hydrogens (tertiary/aromatic N) is 2. The highest BCUT2D eigenvalue weighted by molar-refractivity contribution is 5.87. The average Bonchev–Trinajstić information content (AvgIpc) is 2.37. The van der Waals surface area contributed by atoms with Gasteiger partial charge in [0.1, 0.15) is 0 Å². The molecule has 110 valence electrons. The lowest BCUT2D eigenvalue weighted by Gasteiger charge is -2.32. The van der Waals surface area contributed by atoms with E-state index in [-0.39, 0.29) is 24.4 Å². The van der Waals surface area contributed by atoms with Gasteiger partial charge in [-0.3, -0.25) is 9.59 Å². The molecular formula is C14H27N3O2. The first-order valence-electron chi connectivity index (χ1n) is 7.20. The summed E-state index contributed by atoms with van der Waals surface area (Å²) in [5, 5.41) is 3.34. The van der Waals surface area contributed by atoms with Crippen molar-refractivity contribution >= 4 is 11.8 Å². The molecule has 0 spiro atoms. The van der Waals surface area contributed by atoms with Crippen molar-refractivity contribution in [1.82, 2.24) is 15.1 Å². The van der Waals surface area contributed by atoms with Crippen molar-refractivity contribution < 1.29 is 9.59 Å². The van der Waals surface area contributed by atoms with Gasteiger partial charge in [0.25, 0.3) is 0 Å². The molecule has 0 aromatic rings. The van der Waals surface area contributed by atoms with Crippen LogP contribution in [0.1, 0.15) is 39.5 Å². The molecule has 2 unspecified atom stereocenters. The zero-order valence-corrected chi connectivity index (χ0v) is 12.6. The van der Waals surface area contributed by atoms with Gasteiger partial charge in [-0.05, 0) is 32.6 Å². The van der Waals surface area contributed by atoms with E-state index in [1.807, 2.05) is 6.92 Å². The van der Waals surface area contributed by atoms with Crippen molar-refractivity contribution in [2.75, 3.05) is 27.2 Å². The summed E-state index contributed by atoms with van der Waals surface area (Å²) in [5.74, 6) is 0.0502. The Morgan fingerprint density at radius 1 is 1.26 bits per heavy atom. The minimum absolute atomic E-state index is 0.0225. The Bertz CT molecular complexity index is 318. The molecule has 0 bridgehead atoms. The summed E-state index contributed by atoms with van der Waals surface area (Å²) < 4.78 is 0. The monoisotopic (exact) mass is 269 g/mol. The number of likely N-dealkylation sites (N-methyl/N-ethyl adjacent to an activating group) is 1. The predicted octanol–water partition coefficient (Wildman–Crippen LogP) is 0.844. The maximum Gasteiger partial charge on any atom is 0.241 e. The predicted molar refractivity (Wildman–Crippen MR) is 75.8 cm³/mol. The van der Waals surface area contributed by atoms with Crippen LogP contribution in [0.25, 0.3) is 0 Å². The fourth-order valence-corrected chi connectivity index (χ4v) is 2.40.